The summed E-state index contributed by atoms with van der Waals surface area (Å²) < 4.78 is 2.06. The summed E-state index contributed by atoms with van der Waals surface area (Å²) in [5.41, 5.74) is 1.23. The van der Waals surface area contributed by atoms with Crippen LogP contribution >= 0.6 is 57.1 Å². The minimum atomic E-state index is 0.255. The Balaban J connectivity index is 2.25. The van der Waals surface area contributed by atoms with Crippen LogP contribution in [0.1, 0.15) is 16.5 Å². The molecule has 0 saturated carbocycles. The van der Waals surface area contributed by atoms with E-state index in [1.165, 1.54) is 14.0 Å². The predicted octanol–water partition coefficient (Wildman–Crippen LogP) is 5.16. The molecule has 1 heterocycles. The summed E-state index contributed by atoms with van der Waals surface area (Å²) in [6.45, 7) is 0. The van der Waals surface area contributed by atoms with Crippen molar-refractivity contribution in [2.45, 2.75) is 12.5 Å². The third-order valence-electron chi connectivity index (χ3n) is 2.72. The van der Waals surface area contributed by atoms with Gasteiger partial charge < -0.3 is 5.32 Å². The van der Waals surface area contributed by atoms with E-state index in [2.05, 4.69) is 34.0 Å². The van der Waals surface area contributed by atoms with Crippen LogP contribution in [0.5, 0.6) is 0 Å². The Labute approximate surface area is 135 Å². The predicted molar refractivity (Wildman–Crippen MR) is 89.0 cm³/mol. The highest BCUT2D eigenvalue weighted by Gasteiger charge is 2.14. The molecule has 5 heteroatoms. The molecule has 1 N–H and O–H groups in total. The molecule has 0 fully saturated rings. The Morgan fingerprint density at radius 1 is 1.28 bits per heavy atom. The summed E-state index contributed by atoms with van der Waals surface area (Å²) in [7, 11) is 1.97. The van der Waals surface area contributed by atoms with E-state index in [0.29, 0.717) is 0 Å². The molecular weight excluding hydrogens is 400 g/mol. The van der Waals surface area contributed by atoms with Gasteiger partial charge in [0.2, 0.25) is 0 Å². The van der Waals surface area contributed by atoms with Crippen LogP contribution in [0.3, 0.4) is 0 Å². The van der Waals surface area contributed by atoms with Gasteiger partial charge in [-0.3, -0.25) is 0 Å². The number of halogens is 3. The third kappa shape index (κ3) is 3.61. The number of benzene rings is 1. The standard InChI is InChI=1S/C13H12Cl2INS/c1-17-12(7-9-3-5-13(15)18-9)10-6-8(14)2-4-11(10)16/h2-6,12,17H,7H2,1H3. The molecule has 0 radical (unpaired) electrons. The molecule has 0 aliphatic carbocycles. The van der Waals surface area contributed by atoms with Gasteiger partial charge in [0, 0.05) is 25.9 Å². The van der Waals surface area contributed by atoms with Gasteiger partial charge in [-0.2, -0.15) is 0 Å². The fourth-order valence-electron chi connectivity index (χ4n) is 1.81. The largest absolute Gasteiger partial charge is 0.313 e. The summed E-state index contributed by atoms with van der Waals surface area (Å²) in [5, 5.41) is 4.12. The number of hydrogen-bond acceptors (Lipinski definition) is 2. The molecule has 2 aromatic rings. The first-order chi connectivity index (χ1) is 8.60. The summed E-state index contributed by atoms with van der Waals surface area (Å²) in [5.74, 6) is 0. The molecule has 0 bridgehead atoms. The number of likely N-dealkylation sites (N-methyl/N-ethyl adjacent to an activating group) is 1. The molecule has 18 heavy (non-hydrogen) atoms. The van der Waals surface area contributed by atoms with Crippen molar-refractivity contribution in [3.8, 4) is 0 Å². The highest BCUT2D eigenvalue weighted by Crippen LogP contribution is 2.29. The second-order valence-corrected chi connectivity index (χ2v) is 7.32. The maximum absolute atomic E-state index is 6.08. The van der Waals surface area contributed by atoms with E-state index in [1.54, 1.807) is 11.3 Å². The van der Waals surface area contributed by atoms with Crippen LogP contribution in [-0.4, -0.2) is 7.05 Å². The van der Waals surface area contributed by atoms with Crippen LogP contribution in [-0.2, 0) is 6.42 Å². The third-order valence-corrected chi connectivity index (χ3v) is 5.19. The Morgan fingerprint density at radius 3 is 2.67 bits per heavy atom. The first-order valence-electron chi connectivity index (χ1n) is 5.46. The quantitative estimate of drug-likeness (QED) is 0.685. The average molecular weight is 412 g/mol. The number of hydrogen-bond donors (Lipinski definition) is 1. The monoisotopic (exact) mass is 411 g/mol. The van der Waals surface area contributed by atoms with Crippen LogP contribution < -0.4 is 5.32 Å². The maximum atomic E-state index is 6.08. The van der Waals surface area contributed by atoms with Crippen molar-refractivity contribution in [2.24, 2.45) is 0 Å². The average Bonchev–Trinajstić information content (AvgIpc) is 2.75. The van der Waals surface area contributed by atoms with Gasteiger partial charge in [0.05, 0.1) is 4.34 Å². The lowest BCUT2D eigenvalue weighted by molar-refractivity contribution is 0.594. The summed E-state index contributed by atoms with van der Waals surface area (Å²) in [6.07, 6.45) is 0.921. The highest BCUT2D eigenvalue weighted by molar-refractivity contribution is 14.1. The van der Waals surface area contributed by atoms with E-state index in [9.17, 15) is 0 Å². The molecule has 0 aliphatic heterocycles. The van der Waals surface area contributed by atoms with E-state index >= 15 is 0 Å². The van der Waals surface area contributed by atoms with Crippen LogP contribution in [0.2, 0.25) is 9.36 Å². The van der Waals surface area contributed by atoms with Crippen LogP contribution in [0, 0.1) is 3.57 Å². The van der Waals surface area contributed by atoms with Gasteiger partial charge in [0.15, 0.2) is 0 Å². The van der Waals surface area contributed by atoms with Gasteiger partial charge in [-0.1, -0.05) is 23.2 Å². The normalized spacial score (nSPS) is 12.7. The van der Waals surface area contributed by atoms with Crippen molar-refractivity contribution in [2.75, 3.05) is 7.05 Å². The van der Waals surface area contributed by atoms with Crippen molar-refractivity contribution in [3.63, 3.8) is 0 Å². The van der Waals surface area contributed by atoms with Crippen molar-refractivity contribution in [3.05, 3.63) is 53.7 Å². The van der Waals surface area contributed by atoms with Crippen molar-refractivity contribution in [1.29, 1.82) is 0 Å². The minimum absolute atomic E-state index is 0.255. The molecule has 0 spiro atoms. The summed E-state index contributed by atoms with van der Waals surface area (Å²) >= 11 is 16.0. The van der Waals surface area contributed by atoms with Gasteiger partial charge in [0.1, 0.15) is 0 Å². The fraction of sp³-hybridized carbons (Fsp3) is 0.231. The number of rotatable bonds is 4. The second-order valence-electron chi connectivity index (χ2n) is 3.92. The SMILES string of the molecule is CNC(Cc1ccc(Cl)s1)c1cc(Cl)ccc1I. The van der Waals surface area contributed by atoms with Crippen LogP contribution in [0.25, 0.3) is 0 Å². The van der Waals surface area contributed by atoms with Crippen molar-refractivity contribution < 1.29 is 0 Å². The van der Waals surface area contributed by atoms with Gasteiger partial charge in [-0.15, -0.1) is 11.3 Å². The van der Waals surface area contributed by atoms with Gasteiger partial charge >= 0.3 is 0 Å². The summed E-state index contributed by atoms with van der Waals surface area (Å²) in [4.78, 5) is 1.27. The zero-order valence-corrected chi connectivity index (χ0v) is 14.2. The van der Waals surface area contributed by atoms with E-state index in [-0.39, 0.29) is 6.04 Å². The molecule has 1 unspecified atom stereocenters. The topological polar surface area (TPSA) is 12.0 Å². The van der Waals surface area contributed by atoms with Gasteiger partial charge in [-0.05, 0) is 65.5 Å². The van der Waals surface area contributed by atoms with E-state index in [4.69, 9.17) is 23.2 Å². The molecular formula is C13H12Cl2INS. The highest BCUT2D eigenvalue weighted by atomic mass is 127. The molecule has 1 aromatic heterocycles. The lowest BCUT2D eigenvalue weighted by Crippen LogP contribution is -2.19. The van der Waals surface area contributed by atoms with E-state index in [1.807, 2.05) is 31.3 Å². The fourth-order valence-corrected chi connectivity index (χ4v) is 3.84. The smallest absolute Gasteiger partial charge is 0.0931 e. The van der Waals surface area contributed by atoms with Gasteiger partial charge in [-0.25, -0.2) is 0 Å². The molecule has 1 nitrogen and oxygen atoms in total. The first-order valence-corrected chi connectivity index (χ1v) is 8.11. The maximum Gasteiger partial charge on any atom is 0.0931 e. The zero-order valence-electron chi connectivity index (χ0n) is 9.71. The molecule has 2 rings (SSSR count). The summed E-state index contributed by atoms with van der Waals surface area (Å²) in [6, 6.07) is 10.3. The Kier molecular flexibility index (Phi) is 5.33. The molecule has 0 saturated heterocycles. The Bertz CT molecular complexity index is 542. The minimum Gasteiger partial charge on any atom is -0.313 e. The zero-order chi connectivity index (χ0) is 13.1. The van der Waals surface area contributed by atoms with Crippen molar-refractivity contribution >= 4 is 57.1 Å². The second kappa shape index (κ2) is 6.57. The van der Waals surface area contributed by atoms with Crippen molar-refractivity contribution in [1.82, 2.24) is 5.32 Å². The van der Waals surface area contributed by atoms with Crippen LogP contribution in [0.4, 0.5) is 0 Å². The molecule has 0 aliphatic rings. The first kappa shape index (κ1) is 14.6. The van der Waals surface area contributed by atoms with Crippen LogP contribution in [0.15, 0.2) is 30.3 Å². The Morgan fingerprint density at radius 2 is 2.06 bits per heavy atom. The molecule has 0 amide bonds. The lowest BCUT2D eigenvalue weighted by Gasteiger charge is -2.17. The molecule has 96 valence electrons. The van der Waals surface area contributed by atoms with E-state index in [0.717, 1.165) is 15.8 Å². The van der Waals surface area contributed by atoms with E-state index < -0.39 is 0 Å². The molecule has 1 aromatic carbocycles. The lowest BCUT2D eigenvalue weighted by atomic mass is 10.0. The molecule has 1 atom stereocenters. The number of thiophene rings is 1. The van der Waals surface area contributed by atoms with Gasteiger partial charge in [0.25, 0.3) is 0 Å². The number of nitrogens with one attached hydrogen (secondary N) is 1. The Hall–Kier alpha value is 0.190.